The predicted molar refractivity (Wildman–Crippen MR) is 106 cm³/mol. The first-order valence-corrected chi connectivity index (χ1v) is 8.75. The molecule has 0 spiro atoms. The van der Waals surface area contributed by atoms with Gasteiger partial charge in [-0.2, -0.15) is 0 Å². The number of aryl methyl sites for hydroxylation is 1. The SMILES string of the molecule is Cc1c(C(=O)c2ccccc2)c(C(=O)c2ccccc2)nc2ccccc12. The normalized spacial score (nSPS) is 10.7. The minimum atomic E-state index is -0.247. The zero-order chi connectivity index (χ0) is 18.8. The van der Waals surface area contributed by atoms with Crippen LogP contribution in [0.4, 0.5) is 0 Å². The van der Waals surface area contributed by atoms with E-state index >= 15 is 0 Å². The van der Waals surface area contributed by atoms with Crippen molar-refractivity contribution < 1.29 is 9.59 Å². The van der Waals surface area contributed by atoms with Crippen molar-refractivity contribution >= 4 is 22.5 Å². The summed E-state index contributed by atoms with van der Waals surface area (Å²) in [5, 5.41) is 0.876. The van der Waals surface area contributed by atoms with E-state index in [0.717, 1.165) is 10.9 Å². The maximum absolute atomic E-state index is 13.3. The molecule has 0 saturated heterocycles. The topological polar surface area (TPSA) is 47.0 Å². The summed E-state index contributed by atoms with van der Waals surface area (Å²) in [4.78, 5) is 31.0. The highest BCUT2D eigenvalue weighted by atomic mass is 16.1. The number of fused-ring (bicyclic) bond motifs is 1. The molecule has 1 aromatic heterocycles. The summed E-state index contributed by atoms with van der Waals surface area (Å²) in [7, 11) is 0. The van der Waals surface area contributed by atoms with Crippen LogP contribution in [0.5, 0.6) is 0 Å². The van der Waals surface area contributed by atoms with Crippen LogP contribution >= 0.6 is 0 Å². The van der Waals surface area contributed by atoms with Crippen LogP contribution in [0.3, 0.4) is 0 Å². The van der Waals surface area contributed by atoms with Gasteiger partial charge in [0.2, 0.25) is 5.78 Å². The molecule has 3 heteroatoms. The van der Waals surface area contributed by atoms with Crippen LogP contribution in [0.1, 0.15) is 37.5 Å². The van der Waals surface area contributed by atoms with Gasteiger partial charge in [0.25, 0.3) is 0 Å². The Balaban J connectivity index is 1.99. The number of benzene rings is 3. The molecule has 3 aromatic carbocycles. The highest BCUT2D eigenvalue weighted by molar-refractivity contribution is 6.21. The van der Waals surface area contributed by atoms with E-state index < -0.39 is 0 Å². The number of pyridine rings is 1. The lowest BCUT2D eigenvalue weighted by molar-refractivity contribution is 0.0999. The molecule has 0 saturated carbocycles. The molecule has 0 aliphatic rings. The minimum absolute atomic E-state index is 0.189. The zero-order valence-electron chi connectivity index (χ0n) is 14.8. The van der Waals surface area contributed by atoms with Crippen molar-refractivity contribution in [2.45, 2.75) is 6.92 Å². The van der Waals surface area contributed by atoms with Crippen LogP contribution in [-0.4, -0.2) is 16.6 Å². The van der Waals surface area contributed by atoms with Crippen LogP contribution in [0.2, 0.25) is 0 Å². The first-order chi connectivity index (χ1) is 13.2. The molecule has 0 unspecified atom stereocenters. The number of carbonyl (C=O) groups is 2. The molecule has 0 fully saturated rings. The molecule has 1 heterocycles. The number of aromatic nitrogens is 1. The van der Waals surface area contributed by atoms with Gasteiger partial charge in [-0.1, -0.05) is 78.9 Å². The van der Waals surface area contributed by atoms with E-state index in [1.807, 2.05) is 55.5 Å². The Morgan fingerprint density at radius 2 is 1.19 bits per heavy atom. The summed E-state index contributed by atoms with van der Waals surface area (Å²) in [6.45, 7) is 1.88. The second kappa shape index (κ2) is 6.96. The Morgan fingerprint density at radius 3 is 1.81 bits per heavy atom. The summed E-state index contributed by atoms with van der Waals surface area (Å²) in [5.41, 5.74) is 3.11. The standard InChI is InChI=1S/C24H17NO2/c1-16-19-14-8-9-15-20(19)25-22(24(27)18-12-6-3-7-13-18)21(16)23(26)17-10-4-2-5-11-17/h2-15H,1H3. The number of rotatable bonds is 4. The Bertz CT molecular complexity index is 1150. The summed E-state index contributed by atoms with van der Waals surface area (Å²) in [5.74, 6) is -0.436. The maximum Gasteiger partial charge on any atom is 0.212 e. The van der Waals surface area contributed by atoms with E-state index in [1.54, 1.807) is 36.4 Å². The zero-order valence-corrected chi connectivity index (χ0v) is 14.8. The first-order valence-electron chi connectivity index (χ1n) is 8.75. The second-order valence-electron chi connectivity index (χ2n) is 6.37. The molecule has 4 rings (SSSR count). The Hall–Kier alpha value is -3.59. The van der Waals surface area contributed by atoms with Crippen molar-refractivity contribution in [3.8, 4) is 0 Å². The Morgan fingerprint density at radius 1 is 0.667 bits per heavy atom. The van der Waals surface area contributed by atoms with E-state index in [4.69, 9.17) is 0 Å². The summed E-state index contributed by atoms with van der Waals surface area (Å²) in [6.07, 6.45) is 0. The third kappa shape index (κ3) is 3.04. The molecule has 130 valence electrons. The largest absolute Gasteiger partial charge is 0.289 e. The molecule has 0 radical (unpaired) electrons. The van der Waals surface area contributed by atoms with Gasteiger partial charge in [-0.05, 0) is 18.6 Å². The average molecular weight is 351 g/mol. The fourth-order valence-electron chi connectivity index (χ4n) is 3.28. The van der Waals surface area contributed by atoms with Crippen LogP contribution in [0.25, 0.3) is 10.9 Å². The summed E-state index contributed by atoms with van der Waals surface area (Å²) < 4.78 is 0. The van der Waals surface area contributed by atoms with Gasteiger partial charge in [-0.3, -0.25) is 9.59 Å². The number of ketones is 2. The van der Waals surface area contributed by atoms with E-state index in [0.29, 0.717) is 22.2 Å². The van der Waals surface area contributed by atoms with E-state index in [-0.39, 0.29) is 17.3 Å². The van der Waals surface area contributed by atoms with Crippen molar-refractivity contribution in [3.05, 3.63) is 113 Å². The van der Waals surface area contributed by atoms with Crippen molar-refractivity contribution in [2.75, 3.05) is 0 Å². The quantitative estimate of drug-likeness (QED) is 0.486. The average Bonchev–Trinajstić information content (AvgIpc) is 2.74. The fraction of sp³-hybridized carbons (Fsp3) is 0.0417. The van der Waals surface area contributed by atoms with E-state index in [1.165, 1.54) is 0 Å². The number of hydrogen-bond acceptors (Lipinski definition) is 3. The van der Waals surface area contributed by atoms with Gasteiger partial charge >= 0.3 is 0 Å². The molecule has 27 heavy (non-hydrogen) atoms. The van der Waals surface area contributed by atoms with E-state index in [9.17, 15) is 9.59 Å². The van der Waals surface area contributed by atoms with Gasteiger partial charge < -0.3 is 0 Å². The summed E-state index contributed by atoms with van der Waals surface area (Å²) in [6, 6.07) is 25.5. The number of nitrogens with zero attached hydrogens (tertiary/aromatic N) is 1. The summed E-state index contributed by atoms with van der Waals surface area (Å²) >= 11 is 0. The lowest BCUT2D eigenvalue weighted by Crippen LogP contribution is -2.15. The lowest BCUT2D eigenvalue weighted by Gasteiger charge is -2.13. The Labute approximate surface area is 157 Å². The highest BCUT2D eigenvalue weighted by Gasteiger charge is 2.24. The van der Waals surface area contributed by atoms with Gasteiger partial charge in [0.15, 0.2) is 5.78 Å². The van der Waals surface area contributed by atoms with Crippen LogP contribution in [-0.2, 0) is 0 Å². The first kappa shape index (κ1) is 16.9. The van der Waals surface area contributed by atoms with Crippen LogP contribution < -0.4 is 0 Å². The molecule has 3 nitrogen and oxygen atoms in total. The molecular formula is C24H17NO2. The highest BCUT2D eigenvalue weighted by Crippen LogP contribution is 2.27. The van der Waals surface area contributed by atoms with Crippen LogP contribution in [0, 0.1) is 6.92 Å². The molecule has 0 atom stereocenters. The minimum Gasteiger partial charge on any atom is -0.289 e. The molecular weight excluding hydrogens is 334 g/mol. The van der Waals surface area contributed by atoms with Crippen molar-refractivity contribution in [1.82, 2.24) is 4.98 Å². The van der Waals surface area contributed by atoms with Gasteiger partial charge in [0, 0.05) is 16.5 Å². The molecule has 0 amide bonds. The van der Waals surface area contributed by atoms with Gasteiger partial charge in [0.1, 0.15) is 5.69 Å². The smallest absolute Gasteiger partial charge is 0.212 e. The Kier molecular flexibility index (Phi) is 4.35. The monoisotopic (exact) mass is 351 g/mol. The van der Waals surface area contributed by atoms with Crippen molar-refractivity contribution in [1.29, 1.82) is 0 Å². The molecule has 0 aliphatic carbocycles. The third-order valence-corrected chi connectivity index (χ3v) is 4.67. The number of hydrogen-bond donors (Lipinski definition) is 0. The van der Waals surface area contributed by atoms with Crippen molar-refractivity contribution in [3.63, 3.8) is 0 Å². The third-order valence-electron chi connectivity index (χ3n) is 4.67. The van der Waals surface area contributed by atoms with Gasteiger partial charge in [-0.15, -0.1) is 0 Å². The molecule has 0 bridgehead atoms. The maximum atomic E-state index is 13.3. The number of carbonyl (C=O) groups excluding carboxylic acids is 2. The molecule has 0 aliphatic heterocycles. The lowest BCUT2D eigenvalue weighted by atomic mass is 9.91. The molecule has 0 N–H and O–H groups in total. The number of para-hydroxylation sites is 1. The van der Waals surface area contributed by atoms with E-state index in [2.05, 4.69) is 4.98 Å². The van der Waals surface area contributed by atoms with Gasteiger partial charge in [0.05, 0.1) is 11.1 Å². The van der Waals surface area contributed by atoms with Crippen molar-refractivity contribution in [2.24, 2.45) is 0 Å². The molecule has 4 aromatic rings. The van der Waals surface area contributed by atoms with Gasteiger partial charge in [-0.25, -0.2) is 4.98 Å². The van der Waals surface area contributed by atoms with Crippen LogP contribution in [0.15, 0.2) is 84.9 Å². The fourth-order valence-corrected chi connectivity index (χ4v) is 3.28. The predicted octanol–water partition coefficient (Wildman–Crippen LogP) is 5.01. The second-order valence-corrected chi connectivity index (χ2v) is 6.37.